The van der Waals surface area contributed by atoms with E-state index in [0.717, 1.165) is 18.2 Å². The van der Waals surface area contributed by atoms with Gasteiger partial charge in [0.25, 0.3) is 0 Å². The molecule has 0 saturated heterocycles. The second-order valence-corrected chi connectivity index (χ2v) is 4.11. The predicted molar refractivity (Wildman–Crippen MR) is 48.6 cm³/mol. The molecule has 0 fully saturated rings. The van der Waals surface area contributed by atoms with Crippen LogP contribution in [0.25, 0.3) is 0 Å². The summed E-state index contributed by atoms with van der Waals surface area (Å²) in [5, 5.41) is 10.4. The molecule has 1 N–H and O–H groups in total. The number of rotatable bonds is 5. The summed E-state index contributed by atoms with van der Waals surface area (Å²) in [6, 6.07) is 0. The number of alkyl halides is 1. The Labute approximate surface area is 72.0 Å². The Morgan fingerprint density at radius 2 is 1.80 bits per heavy atom. The highest BCUT2D eigenvalue weighted by Gasteiger charge is 2.10. The minimum Gasteiger partial charge on any atom is -0.390 e. The molecule has 0 radical (unpaired) electrons. The molecular formula is C8H17BrO. The number of halogens is 1. The zero-order chi connectivity index (χ0) is 8.04. The molecule has 0 unspecified atom stereocenters. The summed E-state index contributed by atoms with van der Waals surface area (Å²) in [5.41, 5.74) is -0.466. The van der Waals surface area contributed by atoms with Crippen molar-refractivity contribution in [2.24, 2.45) is 0 Å². The SMILES string of the molecule is CC(C)(O)CCCCCBr. The van der Waals surface area contributed by atoms with Gasteiger partial charge in [-0.1, -0.05) is 28.8 Å². The molecule has 0 amide bonds. The maximum Gasteiger partial charge on any atom is 0.0591 e. The smallest absolute Gasteiger partial charge is 0.0591 e. The zero-order valence-corrected chi connectivity index (χ0v) is 8.45. The summed E-state index contributed by atoms with van der Waals surface area (Å²) in [5.74, 6) is 0. The van der Waals surface area contributed by atoms with Crippen molar-refractivity contribution < 1.29 is 5.11 Å². The molecule has 0 aromatic rings. The van der Waals surface area contributed by atoms with Gasteiger partial charge >= 0.3 is 0 Å². The van der Waals surface area contributed by atoms with E-state index < -0.39 is 5.60 Å². The molecule has 0 aliphatic rings. The number of hydrogen-bond acceptors (Lipinski definition) is 1. The molecule has 0 aliphatic carbocycles. The Kier molecular flexibility index (Phi) is 5.36. The average molecular weight is 209 g/mol. The monoisotopic (exact) mass is 208 g/mol. The Balaban J connectivity index is 3.04. The Hall–Kier alpha value is 0.440. The van der Waals surface area contributed by atoms with Gasteiger partial charge in [-0.15, -0.1) is 0 Å². The first kappa shape index (κ1) is 10.4. The van der Waals surface area contributed by atoms with E-state index in [1.54, 1.807) is 0 Å². The Bertz CT molecular complexity index is 75.8. The van der Waals surface area contributed by atoms with Crippen LogP contribution in [0.2, 0.25) is 0 Å². The fraction of sp³-hybridized carbons (Fsp3) is 1.00. The predicted octanol–water partition coefficient (Wildman–Crippen LogP) is 2.71. The van der Waals surface area contributed by atoms with Crippen LogP contribution in [0.5, 0.6) is 0 Å². The van der Waals surface area contributed by atoms with E-state index in [2.05, 4.69) is 15.9 Å². The molecular weight excluding hydrogens is 192 g/mol. The largest absolute Gasteiger partial charge is 0.390 e. The van der Waals surface area contributed by atoms with Crippen molar-refractivity contribution in [1.29, 1.82) is 0 Å². The minimum absolute atomic E-state index is 0.466. The van der Waals surface area contributed by atoms with Gasteiger partial charge in [-0.2, -0.15) is 0 Å². The summed E-state index contributed by atoms with van der Waals surface area (Å²) in [6.07, 6.45) is 4.49. The van der Waals surface area contributed by atoms with Gasteiger partial charge in [-0.25, -0.2) is 0 Å². The average Bonchev–Trinajstić information content (AvgIpc) is 1.78. The van der Waals surface area contributed by atoms with Gasteiger partial charge in [0, 0.05) is 5.33 Å². The third kappa shape index (κ3) is 8.44. The molecule has 0 aromatic carbocycles. The molecule has 0 aromatic heterocycles. The minimum atomic E-state index is -0.466. The summed E-state index contributed by atoms with van der Waals surface area (Å²) in [6.45, 7) is 3.72. The molecule has 0 bridgehead atoms. The number of unbranched alkanes of at least 4 members (excludes halogenated alkanes) is 2. The zero-order valence-electron chi connectivity index (χ0n) is 6.86. The van der Waals surface area contributed by atoms with Crippen LogP contribution in [0.15, 0.2) is 0 Å². The van der Waals surface area contributed by atoms with Crippen molar-refractivity contribution in [1.82, 2.24) is 0 Å². The van der Waals surface area contributed by atoms with Crippen molar-refractivity contribution in [2.75, 3.05) is 5.33 Å². The number of hydrogen-bond donors (Lipinski definition) is 1. The molecule has 0 spiro atoms. The van der Waals surface area contributed by atoms with Crippen LogP contribution < -0.4 is 0 Å². The van der Waals surface area contributed by atoms with E-state index in [0.29, 0.717) is 0 Å². The fourth-order valence-corrected chi connectivity index (χ4v) is 1.23. The van der Waals surface area contributed by atoms with E-state index in [1.807, 2.05) is 13.8 Å². The second kappa shape index (κ2) is 5.14. The first-order chi connectivity index (χ1) is 4.56. The quantitative estimate of drug-likeness (QED) is 0.545. The van der Waals surface area contributed by atoms with E-state index >= 15 is 0 Å². The van der Waals surface area contributed by atoms with Crippen molar-refractivity contribution in [3.05, 3.63) is 0 Å². The lowest BCUT2D eigenvalue weighted by atomic mass is 10.0. The third-order valence-electron chi connectivity index (χ3n) is 1.42. The van der Waals surface area contributed by atoms with Gasteiger partial charge in [-0.3, -0.25) is 0 Å². The molecule has 0 rings (SSSR count). The lowest BCUT2D eigenvalue weighted by Crippen LogP contribution is -2.17. The topological polar surface area (TPSA) is 20.2 Å². The highest BCUT2D eigenvalue weighted by molar-refractivity contribution is 9.09. The van der Waals surface area contributed by atoms with Crippen LogP contribution in [-0.2, 0) is 0 Å². The molecule has 0 aliphatic heterocycles. The molecule has 10 heavy (non-hydrogen) atoms. The molecule has 0 heterocycles. The normalized spacial score (nSPS) is 12.0. The van der Waals surface area contributed by atoms with Crippen LogP contribution in [0.1, 0.15) is 39.5 Å². The Morgan fingerprint density at radius 3 is 2.20 bits per heavy atom. The maximum atomic E-state index is 9.31. The van der Waals surface area contributed by atoms with Crippen LogP contribution in [-0.4, -0.2) is 16.0 Å². The first-order valence-corrected chi connectivity index (χ1v) is 4.97. The maximum absolute atomic E-state index is 9.31. The molecule has 2 heteroatoms. The lowest BCUT2D eigenvalue weighted by Gasteiger charge is -2.15. The van der Waals surface area contributed by atoms with E-state index in [4.69, 9.17) is 0 Å². The summed E-state index contributed by atoms with van der Waals surface area (Å²) in [4.78, 5) is 0. The lowest BCUT2D eigenvalue weighted by molar-refractivity contribution is 0.0682. The Morgan fingerprint density at radius 1 is 1.20 bits per heavy atom. The van der Waals surface area contributed by atoms with Crippen LogP contribution in [0, 0.1) is 0 Å². The third-order valence-corrected chi connectivity index (χ3v) is 1.98. The van der Waals surface area contributed by atoms with E-state index in [1.165, 1.54) is 12.8 Å². The molecule has 1 nitrogen and oxygen atoms in total. The van der Waals surface area contributed by atoms with Gasteiger partial charge in [-0.05, 0) is 26.7 Å². The molecule has 0 atom stereocenters. The summed E-state index contributed by atoms with van der Waals surface area (Å²) >= 11 is 3.37. The van der Waals surface area contributed by atoms with E-state index in [-0.39, 0.29) is 0 Å². The fourth-order valence-electron chi connectivity index (χ4n) is 0.829. The van der Waals surface area contributed by atoms with E-state index in [9.17, 15) is 5.11 Å². The van der Waals surface area contributed by atoms with Crippen LogP contribution in [0.3, 0.4) is 0 Å². The van der Waals surface area contributed by atoms with Crippen LogP contribution in [0.4, 0.5) is 0 Å². The van der Waals surface area contributed by atoms with Crippen molar-refractivity contribution in [3.8, 4) is 0 Å². The highest BCUT2D eigenvalue weighted by atomic mass is 79.9. The van der Waals surface area contributed by atoms with Crippen molar-refractivity contribution >= 4 is 15.9 Å². The number of aliphatic hydroxyl groups is 1. The van der Waals surface area contributed by atoms with Gasteiger partial charge in [0.2, 0.25) is 0 Å². The molecule has 0 saturated carbocycles. The highest BCUT2D eigenvalue weighted by Crippen LogP contribution is 2.13. The van der Waals surface area contributed by atoms with Gasteiger partial charge in [0.15, 0.2) is 0 Å². The second-order valence-electron chi connectivity index (χ2n) is 3.31. The van der Waals surface area contributed by atoms with Gasteiger partial charge in [0.05, 0.1) is 5.60 Å². The standard InChI is InChI=1S/C8H17BrO/c1-8(2,10)6-4-3-5-7-9/h10H,3-7H2,1-2H3. The van der Waals surface area contributed by atoms with Gasteiger partial charge < -0.3 is 5.11 Å². The van der Waals surface area contributed by atoms with Crippen molar-refractivity contribution in [2.45, 2.75) is 45.1 Å². The van der Waals surface area contributed by atoms with Gasteiger partial charge in [0.1, 0.15) is 0 Å². The summed E-state index contributed by atoms with van der Waals surface area (Å²) in [7, 11) is 0. The van der Waals surface area contributed by atoms with Crippen LogP contribution >= 0.6 is 15.9 Å². The molecule has 62 valence electrons. The summed E-state index contributed by atoms with van der Waals surface area (Å²) < 4.78 is 0. The van der Waals surface area contributed by atoms with Crippen molar-refractivity contribution in [3.63, 3.8) is 0 Å². The first-order valence-electron chi connectivity index (χ1n) is 3.84.